The molecule has 0 heterocycles. The fourth-order valence-electron chi connectivity index (χ4n) is 2.03. The second kappa shape index (κ2) is 7.35. The number of hydrogen-bond acceptors (Lipinski definition) is 4. The molecule has 0 fully saturated rings. The molecule has 1 unspecified atom stereocenters. The van der Waals surface area contributed by atoms with Crippen LogP contribution in [0.3, 0.4) is 0 Å². The van der Waals surface area contributed by atoms with E-state index in [-0.39, 0.29) is 16.2 Å². The lowest BCUT2D eigenvalue weighted by Gasteiger charge is -2.21. The van der Waals surface area contributed by atoms with Crippen LogP contribution in [0, 0.1) is 6.92 Å². The highest BCUT2D eigenvalue weighted by Crippen LogP contribution is 2.40. The molecule has 0 aliphatic heterocycles. The number of hydrogen-bond donors (Lipinski definition) is 0. The molecule has 2 aromatic rings. The Morgan fingerprint density at radius 3 is 2.20 bits per heavy atom. The predicted molar refractivity (Wildman–Crippen MR) is 88.9 cm³/mol. The zero-order valence-electron chi connectivity index (χ0n) is 13.2. The highest BCUT2D eigenvalue weighted by atomic mass is 79.9. The molecule has 0 bridgehead atoms. The molecule has 0 saturated heterocycles. The highest BCUT2D eigenvalue weighted by molar-refractivity contribution is 9.10. The van der Waals surface area contributed by atoms with Crippen LogP contribution in [0.2, 0.25) is 0 Å². The van der Waals surface area contributed by atoms with E-state index in [0.29, 0.717) is 4.47 Å². The third kappa shape index (κ3) is 4.74. The fraction of sp³-hybridized carbons (Fsp3) is 0.250. The number of rotatable bonds is 5. The van der Waals surface area contributed by atoms with Crippen molar-refractivity contribution in [3.63, 3.8) is 0 Å². The average Bonchev–Trinajstić information content (AvgIpc) is 2.53. The van der Waals surface area contributed by atoms with Crippen LogP contribution in [0.25, 0.3) is 0 Å². The SMILES string of the molecule is COc1cc(C(OS(=O)(=O)c2ccc(C)cc2)C(F)(F)F)ccc1Br. The van der Waals surface area contributed by atoms with Crippen LogP contribution in [0.4, 0.5) is 13.2 Å². The zero-order chi connectivity index (χ0) is 18.8. The summed E-state index contributed by atoms with van der Waals surface area (Å²) in [5.41, 5.74) is 0.382. The maximum absolute atomic E-state index is 13.4. The molecule has 0 spiro atoms. The lowest BCUT2D eigenvalue weighted by Crippen LogP contribution is -2.26. The number of ether oxygens (including phenoxy) is 1. The molecule has 25 heavy (non-hydrogen) atoms. The molecule has 0 aliphatic carbocycles. The van der Waals surface area contributed by atoms with E-state index in [0.717, 1.165) is 17.7 Å². The summed E-state index contributed by atoms with van der Waals surface area (Å²) in [7, 11) is -3.32. The van der Waals surface area contributed by atoms with Crippen molar-refractivity contribution in [3.8, 4) is 5.75 Å². The Bertz CT molecular complexity index is 849. The van der Waals surface area contributed by atoms with Crippen LogP contribution in [-0.4, -0.2) is 21.7 Å². The molecule has 2 aromatic carbocycles. The Morgan fingerprint density at radius 2 is 1.68 bits per heavy atom. The summed E-state index contributed by atoms with van der Waals surface area (Å²) in [4.78, 5) is -0.351. The average molecular weight is 439 g/mol. The smallest absolute Gasteiger partial charge is 0.420 e. The van der Waals surface area contributed by atoms with E-state index in [4.69, 9.17) is 4.74 Å². The van der Waals surface area contributed by atoms with Crippen molar-refractivity contribution in [2.24, 2.45) is 0 Å². The second-order valence-electron chi connectivity index (χ2n) is 5.18. The summed E-state index contributed by atoms with van der Waals surface area (Å²) in [5, 5.41) is 0. The van der Waals surface area contributed by atoms with Crippen LogP contribution in [0.5, 0.6) is 5.75 Å². The molecule has 9 heteroatoms. The number of alkyl halides is 3. The van der Waals surface area contributed by atoms with Crippen LogP contribution in [-0.2, 0) is 14.3 Å². The first kappa shape index (κ1) is 19.7. The lowest BCUT2D eigenvalue weighted by atomic mass is 10.1. The van der Waals surface area contributed by atoms with Gasteiger partial charge < -0.3 is 4.74 Å². The Labute approximate surface area is 151 Å². The van der Waals surface area contributed by atoms with Crippen LogP contribution in [0.1, 0.15) is 17.2 Å². The lowest BCUT2D eigenvalue weighted by molar-refractivity contribution is -0.196. The molecular weight excluding hydrogens is 425 g/mol. The summed E-state index contributed by atoms with van der Waals surface area (Å²) in [6.45, 7) is 1.73. The van der Waals surface area contributed by atoms with Crippen molar-refractivity contribution in [2.75, 3.05) is 7.11 Å². The monoisotopic (exact) mass is 438 g/mol. The van der Waals surface area contributed by atoms with Gasteiger partial charge in [0.1, 0.15) is 5.75 Å². The number of methoxy groups -OCH3 is 1. The van der Waals surface area contributed by atoms with Crippen molar-refractivity contribution in [2.45, 2.75) is 24.1 Å². The van der Waals surface area contributed by atoms with Gasteiger partial charge in [-0.1, -0.05) is 23.8 Å². The third-order valence-electron chi connectivity index (χ3n) is 3.31. The fourth-order valence-corrected chi connectivity index (χ4v) is 3.49. The minimum atomic E-state index is -4.93. The van der Waals surface area contributed by atoms with Gasteiger partial charge in [-0.15, -0.1) is 0 Å². The van der Waals surface area contributed by atoms with Gasteiger partial charge in [-0.3, -0.25) is 0 Å². The minimum absolute atomic E-state index is 0.128. The standard InChI is InChI=1S/C16H14BrF3O4S/c1-10-3-6-12(7-4-10)25(21,22)24-15(16(18,19)20)11-5-8-13(17)14(9-11)23-2/h3-9,15H,1-2H3. The number of halogens is 4. The summed E-state index contributed by atoms with van der Waals surface area (Å²) in [5.74, 6) is 0.128. The van der Waals surface area contributed by atoms with Crippen LogP contribution in [0.15, 0.2) is 51.8 Å². The Hall–Kier alpha value is -1.58. The van der Waals surface area contributed by atoms with Gasteiger partial charge in [0.05, 0.1) is 16.5 Å². The minimum Gasteiger partial charge on any atom is -0.496 e. The molecule has 1 atom stereocenters. The number of benzene rings is 2. The normalized spacial score (nSPS) is 13.5. The van der Waals surface area contributed by atoms with Gasteiger partial charge in [-0.05, 0) is 52.7 Å². The number of aryl methyl sites for hydroxylation is 1. The van der Waals surface area contributed by atoms with E-state index < -0.39 is 22.4 Å². The molecule has 0 radical (unpaired) electrons. The molecule has 0 aromatic heterocycles. The van der Waals surface area contributed by atoms with E-state index in [1.54, 1.807) is 6.92 Å². The van der Waals surface area contributed by atoms with E-state index in [9.17, 15) is 21.6 Å². The Morgan fingerprint density at radius 1 is 1.08 bits per heavy atom. The van der Waals surface area contributed by atoms with Crippen molar-refractivity contribution in [1.29, 1.82) is 0 Å². The third-order valence-corrected chi connectivity index (χ3v) is 5.26. The first-order chi connectivity index (χ1) is 11.5. The second-order valence-corrected chi connectivity index (χ2v) is 7.61. The summed E-state index contributed by atoms with van der Waals surface area (Å²) >= 11 is 3.13. The summed E-state index contributed by atoms with van der Waals surface area (Å²) in [6, 6.07) is 8.86. The molecule has 136 valence electrons. The van der Waals surface area contributed by atoms with Gasteiger partial charge in [0.25, 0.3) is 10.1 Å². The van der Waals surface area contributed by atoms with E-state index in [1.807, 2.05) is 0 Å². The molecule has 0 aliphatic rings. The summed E-state index contributed by atoms with van der Waals surface area (Å²) in [6.07, 6.45) is -7.59. The topological polar surface area (TPSA) is 52.6 Å². The predicted octanol–water partition coefficient (Wildman–Crippen LogP) is 4.78. The van der Waals surface area contributed by atoms with Gasteiger partial charge in [0.15, 0.2) is 6.10 Å². The van der Waals surface area contributed by atoms with Gasteiger partial charge in [-0.25, -0.2) is 4.18 Å². The highest BCUT2D eigenvalue weighted by Gasteiger charge is 2.45. The van der Waals surface area contributed by atoms with Crippen molar-refractivity contribution >= 4 is 26.0 Å². The molecule has 0 amide bonds. The van der Waals surface area contributed by atoms with Crippen LogP contribution < -0.4 is 4.74 Å². The van der Waals surface area contributed by atoms with E-state index in [2.05, 4.69) is 20.1 Å². The Kier molecular flexibility index (Phi) is 5.80. The van der Waals surface area contributed by atoms with Crippen molar-refractivity contribution in [3.05, 3.63) is 58.1 Å². The quantitative estimate of drug-likeness (QED) is 0.630. The van der Waals surface area contributed by atoms with Gasteiger partial charge >= 0.3 is 6.18 Å². The molecule has 2 rings (SSSR count). The van der Waals surface area contributed by atoms with Gasteiger partial charge in [0.2, 0.25) is 0 Å². The first-order valence-electron chi connectivity index (χ1n) is 6.94. The Balaban J connectivity index is 2.44. The molecule has 4 nitrogen and oxygen atoms in total. The van der Waals surface area contributed by atoms with Crippen LogP contribution >= 0.6 is 15.9 Å². The molecule has 0 N–H and O–H groups in total. The van der Waals surface area contributed by atoms with Gasteiger partial charge in [-0.2, -0.15) is 21.6 Å². The van der Waals surface area contributed by atoms with Crippen molar-refractivity contribution < 1.29 is 30.5 Å². The zero-order valence-corrected chi connectivity index (χ0v) is 15.6. The molecule has 0 saturated carbocycles. The summed E-state index contributed by atoms with van der Waals surface area (Å²) < 4.78 is 74.6. The maximum atomic E-state index is 13.4. The van der Waals surface area contributed by atoms with Crippen molar-refractivity contribution in [1.82, 2.24) is 0 Å². The van der Waals surface area contributed by atoms with E-state index in [1.165, 1.54) is 37.4 Å². The maximum Gasteiger partial charge on any atom is 0.420 e. The van der Waals surface area contributed by atoms with Gasteiger partial charge in [0, 0.05) is 0 Å². The first-order valence-corrected chi connectivity index (χ1v) is 9.15. The largest absolute Gasteiger partial charge is 0.496 e. The molecular formula is C16H14BrF3O4S. The van der Waals surface area contributed by atoms with E-state index >= 15 is 0 Å².